The first kappa shape index (κ1) is 27.6. The van der Waals surface area contributed by atoms with Gasteiger partial charge in [0, 0.05) is 36.0 Å². The highest BCUT2D eigenvalue weighted by Crippen LogP contribution is 2.34. The molecule has 41 heavy (non-hydrogen) atoms. The van der Waals surface area contributed by atoms with Gasteiger partial charge in [-0.15, -0.1) is 5.10 Å². The molecule has 2 amide bonds. The molecule has 0 radical (unpaired) electrons. The van der Waals surface area contributed by atoms with Crippen molar-refractivity contribution < 1.29 is 23.9 Å². The lowest BCUT2D eigenvalue weighted by atomic mass is 9.96. The Labute approximate surface area is 238 Å². The van der Waals surface area contributed by atoms with Gasteiger partial charge in [-0.1, -0.05) is 11.6 Å². The van der Waals surface area contributed by atoms with Gasteiger partial charge >= 0.3 is 5.97 Å². The molecular weight excluding hydrogens is 555 g/mol. The molecule has 0 spiro atoms. The number of aromatic carboxylic acids is 1. The zero-order valence-corrected chi connectivity index (χ0v) is 22.7. The lowest BCUT2D eigenvalue weighted by Gasteiger charge is -2.35. The van der Waals surface area contributed by atoms with E-state index >= 15 is 4.39 Å². The lowest BCUT2D eigenvalue weighted by molar-refractivity contribution is -0.135. The molecular formula is C27H24ClFN8O4. The summed E-state index contributed by atoms with van der Waals surface area (Å²) in [6, 6.07) is 7.52. The number of carbonyl (C=O) groups excluding carboxylic acids is 2. The molecule has 1 atom stereocenters. The van der Waals surface area contributed by atoms with Crippen molar-refractivity contribution in [3.8, 4) is 5.69 Å². The maximum absolute atomic E-state index is 15.1. The molecule has 0 saturated heterocycles. The van der Waals surface area contributed by atoms with Crippen LogP contribution in [-0.2, 0) is 22.6 Å². The number of carbonyl (C=O) groups is 3. The second-order valence-electron chi connectivity index (χ2n) is 9.20. The molecule has 5 rings (SSSR count). The van der Waals surface area contributed by atoms with Crippen LogP contribution in [0.15, 0.2) is 48.8 Å². The van der Waals surface area contributed by atoms with Crippen LogP contribution in [0.25, 0.3) is 11.8 Å². The van der Waals surface area contributed by atoms with E-state index in [-0.39, 0.29) is 28.4 Å². The van der Waals surface area contributed by atoms with E-state index in [2.05, 4.69) is 25.9 Å². The summed E-state index contributed by atoms with van der Waals surface area (Å²) in [7, 11) is 0. The van der Waals surface area contributed by atoms with Crippen LogP contribution in [0.5, 0.6) is 0 Å². The summed E-state index contributed by atoms with van der Waals surface area (Å²) in [5.74, 6) is -2.90. The van der Waals surface area contributed by atoms with Gasteiger partial charge < -0.3 is 15.3 Å². The molecule has 14 heteroatoms. The summed E-state index contributed by atoms with van der Waals surface area (Å²) in [6.45, 7) is 4.41. The van der Waals surface area contributed by atoms with Crippen LogP contribution >= 0.6 is 11.6 Å². The molecule has 210 valence electrons. The van der Waals surface area contributed by atoms with Crippen molar-refractivity contribution in [1.82, 2.24) is 34.9 Å². The summed E-state index contributed by atoms with van der Waals surface area (Å²) in [5, 5.41) is 27.3. The SMILES string of the molecule is CCn1nc(C)c2c1C(C(=O)Nc1ccc(C(=O)O)cc1)N(C(=O)C=Cc1c(-n3cnnn3)ccc(Cl)c1F)CC2. The van der Waals surface area contributed by atoms with Gasteiger partial charge in [0.2, 0.25) is 5.91 Å². The number of benzene rings is 2. The van der Waals surface area contributed by atoms with Gasteiger partial charge in [0.05, 0.1) is 27.7 Å². The van der Waals surface area contributed by atoms with Crippen LogP contribution < -0.4 is 5.32 Å². The number of tetrazole rings is 1. The fourth-order valence-electron chi connectivity index (χ4n) is 4.85. The summed E-state index contributed by atoms with van der Waals surface area (Å²) >= 11 is 6.01. The van der Waals surface area contributed by atoms with Gasteiger partial charge in [-0.3, -0.25) is 14.3 Å². The van der Waals surface area contributed by atoms with E-state index in [9.17, 15) is 19.5 Å². The van der Waals surface area contributed by atoms with Crippen molar-refractivity contribution in [3.63, 3.8) is 0 Å². The molecule has 0 fully saturated rings. The quantitative estimate of drug-likeness (QED) is 0.317. The fourth-order valence-corrected chi connectivity index (χ4v) is 5.01. The number of carboxylic acid groups (broad SMARTS) is 1. The van der Waals surface area contributed by atoms with Crippen molar-refractivity contribution in [2.75, 3.05) is 11.9 Å². The van der Waals surface area contributed by atoms with Crippen LogP contribution in [-0.4, -0.2) is 64.3 Å². The molecule has 0 bridgehead atoms. The number of nitrogens with zero attached hydrogens (tertiary/aromatic N) is 7. The van der Waals surface area contributed by atoms with Crippen molar-refractivity contribution in [3.05, 3.63) is 87.7 Å². The maximum Gasteiger partial charge on any atom is 0.335 e. The largest absolute Gasteiger partial charge is 0.478 e. The predicted octanol–water partition coefficient (Wildman–Crippen LogP) is 3.46. The molecule has 0 saturated carbocycles. The Bertz CT molecular complexity index is 1670. The number of hydrogen-bond donors (Lipinski definition) is 2. The Hall–Kier alpha value is -4.91. The van der Waals surface area contributed by atoms with E-state index in [1.54, 1.807) is 4.68 Å². The van der Waals surface area contributed by atoms with Crippen molar-refractivity contribution >= 4 is 41.1 Å². The zero-order valence-electron chi connectivity index (χ0n) is 22.0. The molecule has 2 aromatic carbocycles. The number of aryl methyl sites for hydroxylation is 2. The van der Waals surface area contributed by atoms with Crippen molar-refractivity contribution in [2.45, 2.75) is 32.9 Å². The number of halogens is 2. The number of nitrogens with one attached hydrogen (secondary N) is 1. The summed E-state index contributed by atoms with van der Waals surface area (Å²) < 4.78 is 18.0. The third-order valence-electron chi connectivity index (χ3n) is 6.80. The normalized spacial score (nSPS) is 14.7. The Morgan fingerprint density at radius 1 is 1.20 bits per heavy atom. The highest BCUT2D eigenvalue weighted by molar-refractivity contribution is 6.31. The minimum Gasteiger partial charge on any atom is -0.478 e. The van der Waals surface area contributed by atoms with Crippen LogP contribution in [0.1, 0.15) is 45.8 Å². The third-order valence-corrected chi connectivity index (χ3v) is 7.09. The van der Waals surface area contributed by atoms with Gasteiger partial charge in [-0.25, -0.2) is 9.18 Å². The number of fused-ring (bicyclic) bond motifs is 1. The molecule has 4 aromatic rings. The van der Waals surface area contributed by atoms with Gasteiger partial charge in [0.15, 0.2) is 11.9 Å². The van der Waals surface area contributed by atoms with Crippen LogP contribution in [0.3, 0.4) is 0 Å². The maximum atomic E-state index is 15.1. The summed E-state index contributed by atoms with van der Waals surface area (Å²) in [5.41, 5.74) is 2.91. The van der Waals surface area contributed by atoms with Crippen molar-refractivity contribution in [1.29, 1.82) is 0 Å². The van der Waals surface area contributed by atoms with Gasteiger partial charge in [-0.2, -0.15) is 9.78 Å². The average molecular weight is 579 g/mol. The second kappa shape index (κ2) is 11.3. The molecule has 3 heterocycles. The minimum absolute atomic E-state index is 0.00943. The van der Waals surface area contributed by atoms with Crippen LogP contribution in [0.4, 0.5) is 10.1 Å². The van der Waals surface area contributed by atoms with E-state index in [0.29, 0.717) is 24.3 Å². The van der Waals surface area contributed by atoms with Gasteiger partial charge in [0.1, 0.15) is 6.33 Å². The Morgan fingerprint density at radius 3 is 2.61 bits per heavy atom. The number of carboxylic acids is 1. The fraction of sp³-hybridized carbons (Fsp3) is 0.222. The highest BCUT2D eigenvalue weighted by atomic mass is 35.5. The number of rotatable bonds is 7. The molecule has 12 nitrogen and oxygen atoms in total. The number of amides is 2. The summed E-state index contributed by atoms with van der Waals surface area (Å²) in [6.07, 6.45) is 4.21. The van der Waals surface area contributed by atoms with E-state index in [0.717, 1.165) is 11.3 Å². The topological polar surface area (TPSA) is 148 Å². The highest BCUT2D eigenvalue weighted by Gasteiger charge is 2.39. The van der Waals surface area contributed by atoms with E-state index in [4.69, 9.17) is 11.6 Å². The standard InChI is InChI=1S/C27H24ClFN8O4/c1-3-36-24-18(15(2)32-36)12-13-35(25(24)26(39)31-17-6-4-16(5-7-17)27(40)41)22(38)11-8-19-21(37-14-30-33-34-37)10-9-20(28)23(19)29/h4-11,14,25H,3,12-13H2,1-2H3,(H,31,39)(H,40,41). The van der Waals surface area contributed by atoms with E-state index in [1.165, 1.54) is 64.5 Å². The zero-order chi connectivity index (χ0) is 29.3. The second-order valence-corrected chi connectivity index (χ2v) is 9.61. The van der Waals surface area contributed by atoms with Gasteiger partial charge in [0.25, 0.3) is 5.91 Å². The van der Waals surface area contributed by atoms with Gasteiger partial charge in [-0.05, 0) is 73.2 Å². The first-order chi connectivity index (χ1) is 19.7. The molecule has 2 aromatic heterocycles. The molecule has 2 N–H and O–H groups in total. The lowest BCUT2D eigenvalue weighted by Crippen LogP contribution is -2.45. The van der Waals surface area contributed by atoms with Crippen LogP contribution in [0.2, 0.25) is 5.02 Å². The average Bonchev–Trinajstić information content (AvgIpc) is 3.61. The first-order valence-electron chi connectivity index (χ1n) is 12.6. The van der Waals surface area contributed by atoms with E-state index < -0.39 is 29.6 Å². The predicted molar refractivity (Wildman–Crippen MR) is 146 cm³/mol. The Balaban J connectivity index is 1.50. The Kier molecular flexibility index (Phi) is 7.62. The molecule has 1 unspecified atom stereocenters. The third kappa shape index (κ3) is 5.31. The minimum atomic E-state index is -1.09. The number of hydrogen-bond acceptors (Lipinski definition) is 7. The molecule has 1 aliphatic heterocycles. The summed E-state index contributed by atoms with van der Waals surface area (Å²) in [4.78, 5) is 40.0. The number of aromatic nitrogens is 6. The number of anilines is 1. The molecule has 1 aliphatic rings. The van der Waals surface area contributed by atoms with E-state index in [1.807, 2.05) is 13.8 Å². The first-order valence-corrected chi connectivity index (χ1v) is 13.0. The molecule has 0 aliphatic carbocycles. The van der Waals surface area contributed by atoms with Crippen molar-refractivity contribution in [2.24, 2.45) is 0 Å². The smallest absolute Gasteiger partial charge is 0.335 e. The monoisotopic (exact) mass is 578 g/mol. The van der Waals surface area contributed by atoms with Crippen LogP contribution in [0, 0.1) is 12.7 Å². The Morgan fingerprint density at radius 2 is 1.95 bits per heavy atom.